The van der Waals surface area contributed by atoms with Crippen molar-refractivity contribution in [3.8, 4) is 0 Å². The van der Waals surface area contributed by atoms with Gasteiger partial charge in [0.25, 0.3) is 15.9 Å². The second kappa shape index (κ2) is 8.22. The molecule has 0 aliphatic carbocycles. The molecule has 146 valence electrons. The second-order valence-corrected chi connectivity index (χ2v) is 8.73. The lowest BCUT2D eigenvalue weighted by Crippen LogP contribution is -2.35. The standard InChI is InChI=1S/C15H13ClN6O3S3/c1-22-12(11(16)8-18-22)13(23)20-14(26)19-9-2-4-10(5-3-9)28(24,25)21-15-17-6-7-27-15/h2-8H,1H3,(H,17,21)(H2,19,20,23,26). The molecule has 0 aliphatic heterocycles. The van der Waals surface area contributed by atoms with E-state index in [0.717, 1.165) is 0 Å². The largest absolute Gasteiger partial charge is 0.332 e. The number of amides is 1. The predicted molar refractivity (Wildman–Crippen MR) is 111 cm³/mol. The van der Waals surface area contributed by atoms with Crippen molar-refractivity contribution >= 4 is 67.0 Å². The van der Waals surface area contributed by atoms with Gasteiger partial charge in [0.2, 0.25) is 0 Å². The molecule has 0 aliphatic rings. The van der Waals surface area contributed by atoms with Crippen molar-refractivity contribution in [3.63, 3.8) is 0 Å². The van der Waals surface area contributed by atoms with Crippen molar-refractivity contribution in [2.45, 2.75) is 4.90 Å². The molecule has 1 aromatic carbocycles. The molecule has 0 fully saturated rings. The number of sulfonamides is 1. The van der Waals surface area contributed by atoms with Crippen LogP contribution in [0, 0.1) is 0 Å². The summed E-state index contributed by atoms with van der Waals surface area (Å²) in [6.07, 6.45) is 2.86. The Bertz CT molecular complexity index is 1090. The van der Waals surface area contributed by atoms with E-state index in [-0.39, 0.29) is 25.9 Å². The van der Waals surface area contributed by atoms with E-state index >= 15 is 0 Å². The van der Waals surface area contributed by atoms with Gasteiger partial charge in [0.1, 0.15) is 5.69 Å². The molecule has 3 aromatic rings. The SMILES string of the molecule is Cn1ncc(Cl)c1C(=O)NC(=S)Nc1ccc(S(=O)(=O)Nc2nccs2)cc1. The number of carbonyl (C=O) groups is 1. The Morgan fingerprint density at radius 3 is 2.57 bits per heavy atom. The Kier molecular flexibility index (Phi) is 5.93. The molecule has 0 atom stereocenters. The van der Waals surface area contributed by atoms with Crippen molar-refractivity contribution < 1.29 is 13.2 Å². The Morgan fingerprint density at radius 2 is 2.00 bits per heavy atom. The second-order valence-electron chi connectivity index (χ2n) is 5.34. The van der Waals surface area contributed by atoms with Crippen molar-refractivity contribution in [2.24, 2.45) is 7.05 Å². The van der Waals surface area contributed by atoms with Gasteiger partial charge in [0.15, 0.2) is 10.2 Å². The Labute approximate surface area is 174 Å². The fourth-order valence-corrected chi connectivity index (χ4v) is 4.41. The van der Waals surface area contributed by atoms with E-state index in [1.54, 1.807) is 12.4 Å². The number of rotatable bonds is 5. The van der Waals surface area contributed by atoms with Crippen LogP contribution >= 0.6 is 35.2 Å². The summed E-state index contributed by atoms with van der Waals surface area (Å²) in [5.41, 5.74) is 0.662. The van der Waals surface area contributed by atoms with Crippen LogP contribution in [-0.4, -0.2) is 34.2 Å². The van der Waals surface area contributed by atoms with Gasteiger partial charge in [-0.05, 0) is 36.5 Å². The smallest absolute Gasteiger partial charge is 0.277 e. The van der Waals surface area contributed by atoms with Gasteiger partial charge < -0.3 is 5.32 Å². The molecule has 0 radical (unpaired) electrons. The molecule has 2 heterocycles. The van der Waals surface area contributed by atoms with Gasteiger partial charge in [0, 0.05) is 24.3 Å². The highest BCUT2D eigenvalue weighted by Gasteiger charge is 2.18. The third-order valence-corrected chi connectivity index (χ3v) is 6.07. The number of nitrogens with zero attached hydrogens (tertiary/aromatic N) is 3. The number of aryl methyl sites for hydroxylation is 1. The number of nitrogens with one attached hydrogen (secondary N) is 3. The number of carbonyl (C=O) groups excluding carboxylic acids is 1. The van der Waals surface area contributed by atoms with Gasteiger partial charge in [-0.1, -0.05) is 11.6 Å². The Hall–Kier alpha value is -2.54. The number of aromatic nitrogens is 3. The van der Waals surface area contributed by atoms with Gasteiger partial charge in [-0.2, -0.15) is 5.10 Å². The maximum absolute atomic E-state index is 12.3. The summed E-state index contributed by atoms with van der Waals surface area (Å²) in [6.45, 7) is 0. The Morgan fingerprint density at radius 1 is 1.29 bits per heavy atom. The lowest BCUT2D eigenvalue weighted by molar-refractivity contribution is 0.0968. The molecule has 13 heteroatoms. The van der Waals surface area contributed by atoms with Crippen LogP contribution in [0.2, 0.25) is 5.02 Å². The maximum Gasteiger partial charge on any atom is 0.277 e. The number of thiazole rings is 1. The lowest BCUT2D eigenvalue weighted by Gasteiger charge is -2.11. The molecule has 0 saturated carbocycles. The Balaban J connectivity index is 1.64. The number of benzene rings is 1. The molecule has 3 rings (SSSR count). The van der Waals surface area contributed by atoms with Crippen molar-refractivity contribution in [1.82, 2.24) is 20.1 Å². The average molecular weight is 457 g/mol. The number of anilines is 2. The number of halogens is 1. The first kappa shape index (κ1) is 20.2. The van der Waals surface area contributed by atoms with Crippen LogP contribution in [0.4, 0.5) is 10.8 Å². The average Bonchev–Trinajstić information content (AvgIpc) is 3.24. The highest BCUT2D eigenvalue weighted by molar-refractivity contribution is 7.93. The van der Waals surface area contributed by atoms with E-state index in [9.17, 15) is 13.2 Å². The topological polar surface area (TPSA) is 118 Å². The van der Waals surface area contributed by atoms with Crippen LogP contribution < -0.4 is 15.4 Å². The van der Waals surface area contributed by atoms with E-state index in [4.69, 9.17) is 23.8 Å². The van der Waals surface area contributed by atoms with Crippen molar-refractivity contribution in [3.05, 3.63) is 52.8 Å². The molecule has 0 bridgehead atoms. The minimum atomic E-state index is -3.74. The number of thiocarbonyl (C=S) groups is 1. The lowest BCUT2D eigenvalue weighted by atomic mass is 10.3. The zero-order valence-corrected chi connectivity index (χ0v) is 17.4. The van der Waals surface area contributed by atoms with Gasteiger partial charge in [-0.15, -0.1) is 11.3 Å². The van der Waals surface area contributed by atoms with Crippen LogP contribution in [0.25, 0.3) is 0 Å². The van der Waals surface area contributed by atoms with Gasteiger partial charge in [-0.3, -0.25) is 19.5 Å². The maximum atomic E-state index is 12.3. The molecule has 9 nitrogen and oxygen atoms in total. The van der Waals surface area contributed by atoms with Crippen LogP contribution in [0.5, 0.6) is 0 Å². The predicted octanol–water partition coefficient (Wildman–Crippen LogP) is 2.46. The molecule has 0 unspecified atom stereocenters. The van der Waals surface area contributed by atoms with E-state index in [2.05, 4.69) is 25.4 Å². The fourth-order valence-electron chi connectivity index (χ4n) is 2.16. The minimum absolute atomic E-state index is 0.0267. The third-order valence-electron chi connectivity index (χ3n) is 3.41. The molecule has 3 N–H and O–H groups in total. The zero-order chi connectivity index (χ0) is 20.3. The molecule has 0 spiro atoms. The van der Waals surface area contributed by atoms with E-state index in [1.165, 1.54) is 52.7 Å². The van der Waals surface area contributed by atoms with Crippen LogP contribution in [0.3, 0.4) is 0 Å². The summed E-state index contributed by atoms with van der Waals surface area (Å²) in [5, 5.41) is 11.3. The molecule has 2 aromatic heterocycles. The first-order chi connectivity index (χ1) is 13.3. The zero-order valence-electron chi connectivity index (χ0n) is 14.2. The molecule has 28 heavy (non-hydrogen) atoms. The first-order valence-electron chi connectivity index (χ1n) is 7.58. The van der Waals surface area contributed by atoms with Crippen LogP contribution in [0.15, 0.2) is 46.9 Å². The first-order valence-corrected chi connectivity index (χ1v) is 10.7. The van der Waals surface area contributed by atoms with E-state index < -0.39 is 15.9 Å². The van der Waals surface area contributed by atoms with E-state index in [1.807, 2.05) is 0 Å². The summed E-state index contributed by atoms with van der Waals surface area (Å²) in [5.74, 6) is -0.519. The quantitative estimate of drug-likeness (QED) is 0.504. The summed E-state index contributed by atoms with van der Waals surface area (Å²) in [6, 6.07) is 5.85. The van der Waals surface area contributed by atoms with Gasteiger partial charge in [0.05, 0.1) is 16.1 Å². The van der Waals surface area contributed by atoms with E-state index in [0.29, 0.717) is 5.69 Å². The fraction of sp³-hybridized carbons (Fsp3) is 0.0667. The van der Waals surface area contributed by atoms with Crippen LogP contribution in [0.1, 0.15) is 10.5 Å². The van der Waals surface area contributed by atoms with Gasteiger partial charge in [-0.25, -0.2) is 13.4 Å². The monoisotopic (exact) mass is 456 g/mol. The molecule has 0 saturated heterocycles. The highest BCUT2D eigenvalue weighted by atomic mass is 35.5. The highest BCUT2D eigenvalue weighted by Crippen LogP contribution is 2.19. The van der Waals surface area contributed by atoms with Crippen molar-refractivity contribution in [1.29, 1.82) is 0 Å². The molecular formula is C15H13ClN6O3S3. The normalized spacial score (nSPS) is 11.1. The van der Waals surface area contributed by atoms with Gasteiger partial charge >= 0.3 is 0 Å². The summed E-state index contributed by atoms with van der Waals surface area (Å²) in [7, 11) is -2.16. The summed E-state index contributed by atoms with van der Waals surface area (Å²) >= 11 is 12.2. The van der Waals surface area contributed by atoms with Crippen molar-refractivity contribution in [2.75, 3.05) is 10.0 Å². The third kappa shape index (κ3) is 4.65. The summed E-state index contributed by atoms with van der Waals surface area (Å²) in [4.78, 5) is 16.2. The molecular weight excluding hydrogens is 444 g/mol. The number of hydrogen-bond donors (Lipinski definition) is 3. The molecule has 1 amide bonds. The van der Waals surface area contributed by atoms with Crippen LogP contribution in [-0.2, 0) is 17.1 Å². The number of hydrogen-bond acceptors (Lipinski definition) is 7. The minimum Gasteiger partial charge on any atom is -0.332 e. The summed E-state index contributed by atoms with van der Waals surface area (Å²) < 4.78 is 28.3.